The van der Waals surface area contributed by atoms with E-state index in [4.69, 9.17) is 0 Å². The van der Waals surface area contributed by atoms with E-state index in [-0.39, 0.29) is 19.1 Å². The fraction of sp³-hybridized carbons (Fsp3) is 0.429. The molecule has 1 amide bonds. The minimum absolute atomic E-state index is 0.269. The van der Waals surface area contributed by atoms with Crippen LogP contribution in [0.5, 0.6) is 0 Å². The number of aliphatic imine (C=N–C) groups is 1. The second-order valence-electron chi connectivity index (χ2n) is 5.18. The number of amides is 1. The number of carbonyl (C=O) groups excluding carboxylic acids is 1. The largest absolute Gasteiger partial charge is 0.394 e. The Labute approximate surface area is 127 Å². The van der Waals surface area contributed by atoms with Gasteiger partial charge in [0.15, 0.2) is 5.17 Å². The van der Waals surface area contributed by atoms with Crippen molar-refractivity contribution in [3.63, 3.8) is 0 Å². The van der Waals surface area contributed by atoms with Crippen molar-refractivity contribution in [3.8, 4) is 0 Å². The Hall–Kier alpha value is -1.41. The highest BCUT2D eigenvalue weighted by Gasteiger charge is 2.52. The Bertz CT molecular complexity index is 560. The first-order valence-electron chi connectivity index (χ1n) is 6.72. The number of aliphatic hydroxyl groups excluding tert-OH is 2. The highest BCUT2D eigenvalue weighted by molar-refractivity contribution is 8.16. The molecule has 3 rings (SSSR count). The number of hydrogen-bond donors (Lipinski definition) is 2. The van der Waals surface area contributed by atoms with Crippen LogP contribution in [0.1, 0.15) is 5.56 Å². The number of amidine groups is 1. The summed E-state index contributed by atoms with van der Waals surface area (Å²) in [5.74, 6) is -0.269. The van der Waals surface area contributed by atoms with Crippen LogP contribution in [0.15, 0.2) is 35.3 Å². The monoisotopic (exact) mass is 307 g/mol. The fourth-order valence-electron chi connectivity index (χ4n) is 2.45. The molecule has 0 atom stereocenters. The number of hydrogen-bond acceptors (Lipinski definition) is 6. The Morgan fingerprint density at radius 1 is 1.24 bits per heavy atom. The maximum Gasteiger partial charge on any atom is 0.251 e. The van der Waals surface area contributed by atoms with E-state index in [1.807, 2.05) is 35.2 Å². The van der Waals surface area contributed by atoms with E-state index in [9.17, 15) is 15.0 Å². The van der Waals surface area contributed by atoms with Gasteiger partial charge in [-0.05, 0) is 5.56 Å². The summed E-state index contributed by atoms with van der Waals surface area (Å²) in [4.78, 5) is 20.4. The molecule has 0 saturated carbocycles. The molecule has 6 nitrogen and oxygen atoms in total. The second kappa shape index (κ2) is 5.76. The molecular formula is C14H17N3O3S. The highest BCUT2D eigenvalue weighted by atomic mass is 32.2. The molecule has 2 aliphatic heterocycles. The van der Waals surface area contributed by atoms with E-state index in [2.05, 4.69) is 4.99 Å². The SMILES string of the molecule is O=C1N2CN(Cc3ccccc3)CN=C2SC1(CO)CO. The smallest absolute Gasteiger partial charge is 0.251 e. The van der Waals surface area contributed by atoms with Crippen LogP contribution in [0.4, 0.5) is 0 Å². The first kappa shape index (κ1) is 14.5. The normalized spacial score (nSPS) is 21.3. The quantitative estimate of drug-likeness (QED) is 0.823. The van der Waals surface area contributed by atoms with E-state index in [1.165, 1.54) is 0 Å². The fourth-order valence-corrected chi connectivity index (χ4v) is 3.49. The Morgan fingerprint density at radius 2 is 1.95 bits per heavy atom. The summed E-state index contributed by atoms with van der Waals surface area (Å²) in [6.45, 7) is 0.870. The maximum absolute atomic E-state index is 12.4. The molecule has 2 heterocycles. The van der Waals surface area contributed by atoms with Crippen molar-refractivity contribution in [1.29, 1.82) is 0 Å². The summed E-state index contributed by atoms with van der Waals surface area (Å²) in [5.41, 5.74) is 1.16. The number of rotatable bonds is 4. The number of thioether (sulfide) groups is 1. The first-order chi connectivity index (χ1) is 10.2. The van der Waals surface area contributed by atoms with E-state index in [0.29, 0.717) is 25.0 Å². The summed E-state index contributed by atoms with van der Waals surface area (Å²) >= 11 is 1.16. The number of fused-ring (bicyclic) bond motifs is 1. The lowest BCUT2D eigenvalue weighted by Crippen LogP contribution is -2.49. The predicted molar refractivity (Wildman–Crippen MR) is 80.5 cm³/mol. The topological polar surface area (TPSA) is 76.4 Å². The first-order valence-corrected chi connectivity index (χ1v) is 7.53. The lowest BCUT2D eigenvalue weighted by molar-refractivity contribution is -0.133. The summed E-state index contributed by atoms with van der Waals surface area (Å²) in [6, 6.07) is 9.99. The summed E-state index contributed by atoms with van der Waals surface area (Å²) in [7, 11) is 0. The van der Waals surface area contributed by atoms with Gasteiger partial charge in [-0.15, -0.1) is 0 Å². The van der Waals surface area contributed by atoms with Crippen molar-refractivity contribution in [2.45, 2.75) is 11.3 Å². The zero-order valence-corrected chi connectivity index (χ0v) is 12.3. The van der Waals surface area contributed by atoms with Crippen molar-refractivity contribution < 1.29 is 15.0 Å². The van der Waals surface area contributed by atoms with Crippen molar-refractivity contribution in [1.82, 2.24) is 9.80 Å². The highest BCUT2D eigenvalue weighted by Crippen LogP contribution is 2.38. The molecule has 1 aromatic carbocycles. The third-order valence-electron chi connectivity index (χ3n) is 3.66. The van der Waals surface area contributed by atoms with Crippen molar-refractivity contribution in [3.05, 3.63) is 35.9 Å². The maximum atomic E-state index is 12.4. The van der Waals surface area contributed by atoms with Gasteiger partial charge in [0, 0.05) is 6.54 Å². The Kier molecular flexibility index (Phi) is 3.99. The molecule has 0 aliphatic carbocycles. The zero-order valence-electron chi connectivity index (χ0n) is 11.5. The van der Waals surface area contributed by atoms with Gasteiger partial charge in [-0.3, -0.25) is 14.6 Å². The molecule has 1 aromatic rings. The number of nitrogens with zero attached hydrogens (tertiary/aromatic N) is 3. The van der Waals surface area contributed by atoms with Crippen LogP contribution in [-0.2, 0) is 11.3 Å². The molecule has 0 aromatic heterocycles. The third kappa shape index (κ3) is 2.57. The Balaban J connectivity index is 1.74. The molecular weight excluding hydrogens is 290 g/mol. The molecule has 1 fully saturated rings. The van der Waals surface area contributed by atoms with Crippen LogP contribution in [0.25, 0.3) is 0 Å². The molecule has 2 aliphatic rings. The predicted octanol–water partition coefficient (Wildman–Crippen LogP) is 0.0720. The molecule has 0 unspecified atom stereocenters. The van der Waals surface area contributed by atoms with Gasteiger partial charge in [0.1, 0.15) is 4.75 Å². The van der Waals surface area contributed by atoms with E-state index in [0.717, 1.165) is 17.3 Å². The summed E-state index contributed by atoms with van der Waals surface area (Å²) in [6.07, 6.45) is 0. The molecule has 112 valence electrons. The molecule has 0 radical (unpaired) electrons. The summed E-state index contributed by atoms with van der Waals surface area (Å²) < 4.78 is -1.18. The minimum Gasteiger partial charge on any atom is -0.394 e. The number of aliphatic hydroxyl groups is 2. The number of benzene rings is 1. The van der Waals surface area contributed by atoms with Crippen LogP contribution in [0.2, 0.25) is 0 Å². The van der Waals surface area contributed by atoms with E-state index in [1.54, 1.807) is 4.90 Å². The van der Waals surface area contributed by atoms with Gasteiger partial charge in [-0.25, -0.2) is 4.99 Å². The van der Waals surface area contributed by atoms with Gasteiger partial charge in [0.05, 0.1) is 26.6 Å². The van der Waals surface area contributed by atoms with Crippen LogP contribution in [0, 0.1) is 0 Å². The minimum atomic E-state index is -1.18. The average Bonchev–Trinajstić information content (AvgIpc) is 2.81. The molecule has 2 N–H and O–H groups in total. The molecule has 21 heavy (non-hydrogen) atoms. The zero-order chi connectivity index (χ0) is 14.9. The van der Waals surface area contributed by atoms with Gasteiger partial charge in [0.25, 0.3) is 5.91 Å². The summed E-state index contributed by atoms with van der Waals surface area (Å²) in [5, 5.41) is 19.5. The van der Waals surface area contributed by atoms with Crippen LogP contribution < -0.4 is 0 Å². The van der Waals surface area contributed by atoms with Crippen molar-refractivity contribution in [2.75, 3.05) is 26.6 Å². The lowest BCUT2D eigenvalue weighted by Gasteiger charge is -2.30. The van der Waals surface area contributed by atoms with E-state index >= 15 is 0 Å². The Morgan fingerprint density at radius 3 is 2.62 bits per heavy atom. The molecule has 1 saturated heterocycles. The molecule has 0 spiro atoms. The van der Waals surface area contributed by atoms with Crippen molar-refractivity contribution >= 4 is 22.8 Å². The van der Waals surface area contributed by atoms with Crippen molar-refractivity contribution in [2.24, 2.45) is 4.99 Å². The molecule has 0 bridgehead atoms. The van der Waals surface area contributed by atoms with Crippen LogP contribution >= 0.6 is 11.8 Å². The third-order valence-corrected chi connectivity index (χ3v) is 5.02. The average molecular weight is 307 g/mol. The van der Waals surface area contributed by atoms with Gasteiger partial charge in [0.2, 0.25) is 0 Å². The van der Waals surface area contributed by atoms with Gasteiger partial charge in [-0.2, -0.15) is 0 Å². The van der Waals surface area contributed by atoms with Crippen LogP contribution in [-0.4, -0.2) is 62.4 Å². The second-order valence-corrected chi connectivity index (χ2v) is 6.53. The standard InChI is InChI=1S/C14H17N3O3S/c18-7-14(8-19)12(20)17-10-16(9-15-13(17)21-14)6-11-4-2-1-3-5-11/h1-5,18-19H,6-10H2. The molecule has 7 heteroatoms. The van der Waals surface area contributed by atoms with Crippen LogP contribution in [0.3, 0.4) is 0 Å². The van der Waals surface area contributed by atoms with Gasteiger partial charge >= 0.3 is 0 Å². The lowest BCUT2D eigenvalue weighted by atomic mass is 10.1. The van der Waals surface area contributed by atoms with Gasteiger partial charge < -0.3 is 10.2 Å². The van der Waals surface area contributed by atoms with Gasteiger partial charge in [-0.1, -0.05) is 42.1 Å². The number of carbonyl (C=O) groups is 1. The van der Waals surface area contributed by atoms with E-state index < -0.39 is 4.75 Å².